The zero-order valence-corrected chi connectivity index (χ0v) is 5.69. The van der Waals surface area contributed by atoms with E-state index in [1.165, 1.54) is 0 Å². The van der Waals surface area contributed by atoms with Crippen molar-refractivity contribution in [2.45, 2.75) is 44.2 Å². The third kappa shape index (κ3) is 1.89. The van der Waals surface area contributed by atoms with E-state index in [0.717, 1.165) is 0 Å². The Morgan fingerprint density at radius 1 is 0.900 bits per heavy atom. The molecule has 0 heterocycles. The Bertz CT molecular complexity index is 105. The van der Waals surface area contributed by atoms with Gasteiger partial charge in [-0.15, -0.1) is 0 Å². The van der Waals surface area contributed by atoms with Crippen molar-refractivity contribution in [1.82, 2.24) is 0 Å². The molecule has 0 aliphatic heterocycles. The summed E-state index contributed by atoms with van der Waals surface area (Å²) in [5, 5.41) is 0. The number of rotatable bonds is 0. The first-order valence-corrected chi connectivity index (χ1v) is 3.62. The summed E-state index contributed by atoms with van der Waals surface area (Å²) in [6.07, 6.45) is -3.40. The highest BCUT2D eigenvalue weighted by molar-refractivity contribution is 4.76. The second-order valence-electron chi connectivity index (χ2n) is 2.80. The molecule has 3 unspecified atom stereocenters. The first kappa shape index (κ1) is 7.89. The highest BCUT2D eigenvalue weighted by atomic mass is 19.2. The Hall–Kier alpha value is -0.210. The molecule has 0 aromatic heterocycles. The van der Waals surface area contributed by atoms with Gasteiger partial charge in [-0.1, -0.05) is 0 Å². The van der Waals surface area contributed by atoms with Crippen molar-refractivity contribution in [2.24, 2.45) is 0 Å². The van der Waals surface area contributed by atoms with E-state index in [0.29, 0.717) is 12.8 Å². The maximum atomic E-state index is 12.5. The smallest absolute Gasteiger partial charge is 0.134 e. The summed E-state index contributed by atoms with van der Waals surface area (Å²) in [7, 11) is 0. The molecule has 0 saturated heterocycles. The monoisotopic (exact) mass is 152 g/mol. The molecule has 3 atom stereocenters. The van der Waals surface area contributed by atoms with Crippen LogP contribution in [-0.4, -0.2) is 18.5 Å². The highest BCUT2D eigenvalue weighted by Crippen LogP contribution is 2.24. The van der Waals surface area contributed by atoms with E-state index < -0.39 is 18.5 Å². The lowest BCUT2D eigenvalue weighted by Gasteiger charge is -2.08. The van der Waals surface area contributed by atoms with E-state index >= 15 is 0 Å². The van der Waals surface area contributed by atoms with Gasteiger partial charge in [0.15, 0.2) is 0 Å². The van der Waals surface area contributed by atoms with Gasteiger partial charge in [-0.25, -0.2) is 13.2 Å². The van der Waals surface area contributed by atoms with Crippen LogP contribution in [0, 0.1) is 0 Å². The standard InChI is InChI=1S/C7H11F3/c8-5-2-1-3-6(9)7(10)4-5/h5-7H,1-4H2. The predicted octanol–water partition coefficient (Wildman–Crippen LogP) is 2.57. The third-order valence-electron chi connectivity index (χ3n) is 1.87. The van der Waals surface area contributed by atoms with Crippen LogP contribution in [0.4, 0.5) is 13.2 Å². The largest absolute Gasteiger partial charge is 0.247 e. The number of halogens is 3. The fourth-order valence-electron chi connectivity index (χ4n) is 1.23. The van der Waals surface area contributed by atoms with Crippen LogP contribution in [-0.2, 0) is 0 Å². The zero-order valence-electron chi connectivity index (χ0n) is 5.69. The van der Waals surface area contributed by atoms with Crippen molar-refractivity contribution in [3.63, 3.8) is 0 Å². The quantitative estimate of drug-likeness (QED) is 0.468. The van der Waals surface area contributed by atoms with Crippen molar-refractivity contribution < 1.29 is 13.2 Å². The lowest BCUT2D eigenvalue weighted by atomic mass is 10.1. The van der Waals surface area contributed by atoms with E-state index in [9.17, 15) is 13.2 Å². The molecule has 1 rings (SSSR count). The Labute approximate surface area is 58.4 Å². The Morgan fingerprint density at radius 3 is 2.30 bits per heavy atom. The molecule has 0 amide bonds. The van der Waals surface area contributed by atoms with Gasteiger partial charge < -0.3 is 0 Å². The lowest BCUT2D eigenvalue weighted by molar-refractivity contribution is 0.139. The zero-order chi connectivity index (χ0) is 7.56. The van der Waals surface area contributed by atoms with E-state index in [4.69, 9.17) is 0 Å². The van der Waals surface area contributed by atoms with Crippen LogP contribution in [0.2, 0.25) is 0 Å². The summed E-state index contributed by atoms with van der Waals surface area (Å²) in [5.41, 5.74) is 0. The molecule has 1 aliphatic rings. The molecule has 1 fully saturated rings. The second kappa shape index (κ2) is 3.26. The molecular formula is C7H11F3. The molecule has 1 aliphatic carbocycles. The molecule has 1 saturated carbocycles. The summed E-state index contributed by atoms with van der Waals surface area (Å²) in [6.45, 7) is 0. The van der Waals surface area contributed by atoms with Crippen LogP contribution < -0.4 is 0 Å². The normalized spacial score (nSPS) is 42.9. The van der Waals surface area contributed by atoms with Crippen LogP contribution >= 0.6 is 0 Å². The maximum Gasteiger partial charge on any atom is 0.134 e. The van der Waals surface area contributed by atoms with Crippen LogP contribution in [0.15, 0.2) is 0 Å². The topological polar surface area (TPSA) is 0 Å². The Kier molecular flexibility index (Phi) is 2.57. The first-order chi connectivity index (χ1) is 4.70. The van der Waals surface area contributed by atoms with Gasteiger partial charge in [0.25, 0.3) is 0 Å². The molecular weight excluding hydrogens is 141 g/mol. The molecule has 0 aromatic carbocycles. The van der Waals surface area contributed by atoms with E-state index in [1.807, 2.05) is 0 Å². The van der Waals surface area contributed by atoms with Crippen LogP contribution in [0.3, 0.4) is 0 Å². The van der Waals surface area contributed by atoms with Gasteiger partial charge in [0.1, 0.15) is 18.5 Å². The van der Waals surface area contributed by atoms with Crippen molar-refractivity contribution in [3.8, 4) is 0 Å². The van der Waals surface area contributed by atoms with Gasteiger partial charge in [0, 0.05) is 6.42 Å². The minimum absolute atomic E-state index is 0.182. The second-order valence-corrected chi connectivity index (χ2v) is 2.80. The Morgan fingerprint density at radius 2 is 1.60 bits per heavy atom. The van der Waals surface area contributed by atoms with E-state index in [1.54, 1.807) is 0 Å². The van der Waals surface area contributed by atoms with Crippen LogP contribution in [0.1, 0.15) is 25.7 Å². The molecule has 0 spiro atoms. The Balaban J connectivity index is 2.41. The highest BCUT2D eigenvalue weighted by Gasteiger charge is 2.27. The number of alkyl halides is 3. The first-order valence-electron chi connectivity index (χ1n) is 3.62. The molecule has 0 aromatic rings. The summed E-state index contributed by atoms with van der Waals surface area (Å²) in [6, 6.07) is 0. The molecule has 60 valence electrons. The molecule has 0 bridgehead atoms. The average molecular weight is 152 g/mol. The fraction of sp³-hybridized carbons (Fsp3) is 1.00. The van der Waals surface area contributed by atoms with Crippen molar-refractivity contribution in [3.05, 3.63) is 0 Å². The van der Waals surface area contributed by atoms with Gasteiger partial charge in [0.2, 0.25) is 0 Å². The number of hydrogen-bond acceptors (Lipinski definition) is 0. The summed E-state index contributed by atoms with van der Waals surface area (Å²) >= 11 is 0. The maximum absolute atomic E-state index is 12.5. The third-order valence-corrected chi connectivity index (χ3v) is 1.87. The van der Waals surface area contributed by atoms with Gasteiger partial charge in [0.05, 0.1) is 0 Å². The predicted molar refractivity (Wildman–Crippen MR) is 33.2 cm³/mol. The molecule has 0 radical (unpaired) electrons. The van der Waals surface area contributed by atoms with Crippen molar-refractivity contribution in [2.75, 3.05) is 0 Å². The van der Waals surface area contributed by atoms with Crippen molar-refractivity contribution >= 4 is 0 Å². The molecule has 0 N–H and O–H groups in total. The van der Waals surface area contributed by atoms with Crippen LogP contribution in [0.25, 0.3) is 0 Å². The van der Waals surface area contributed by atoms with Crippen molar-refractivity contribution in [1.29, 1.82) is 0 Å². The summed E-state index contributed by atoms with van der Waals surface area (Å²) in [5.74, 6) is 0. The van der Waals surface area contributed by atoms with Crippen LogP contribution in [0.5, 0.6) is 0 Å². The SMILES string of the molecule is FC1CCCC(F)C(F)C1. The lowest BCUT2D eigenvalue weighted by Crippen LogP contribution is -2.17. The summed E-state index contributed by atoms with van der Waals surface area (Å²) in [4.78, 5) is 0. The van der Waals surface area contributed by atoms with E-state index in [-0.39, 0.29) is 12.8 Å². The van der Waals surface area contributed by atoms with Gasteiger partial charge >= 0.3 is 0 Å². The van der Waals surface area contributed by atoms with E-state index in [2.05, 4.69) is 0 Å². The fourth-order valence-corrected chi connectivity index (χ4v) is 1.23. The van der Waals surface area contributed by atoms with Gasteiger partial charge in [-0.2, -0.15) is 0 Å². The molecule has 3 heteroatoms. The number of hydrogen-bond donors (Lipinski definition) is 0. The molecule has 0 nitrogen and oxygen atoms in total. The summed E-state index contributed by atoms with van der Waals surface area (Å²) < 4.78 is 37.4. The molecule has 10 heavy (non-hydrogen) atoms. The van der Waals surface area contributed by atoms with Gasteiger partial charge in [-0.05, 0) is 19.3 Å². The average Bonchev–Trinajstić information content (AvgIpc) is 1.96. The minimum atomic E-state index is -1.57. The van der Waals surface area contributed by atoms with Gasteiger partial charge in [-0.3, -0.25) is 0 Å². The minimum Gasteiger partial charge on any atom is -0.247 e.